The number of carbonyl (C=O) groups is 4. The van der Waals surface area contributed by atoms with E-state index >= 15 is 0 Å². The summed E-state index contributed by atoms with van der Waals surface area (Å²) in [6, 6.07) is 0. The quantitative estimate of drug-likeness (QED) is 0.0280. The molecule has 0 heterocycles. The fourth-order valence-electron chi connectivity index (χ4n) is 7.85. The van der Waals surface area contributed by atoms with Crippen molar-refractivity contribution < 1.29 is 19.2 Å². The van der Waals surface area contributed by atoms with Gasteiger partial charge in [-0.05, 0) is 75.0 Å². The second-order valence-electron chi connectivity index (χ2n) is 20.8. The van der Waals surface area contributed by atoms with E-state index in [2.05, 4.69) is 134 Å². The molecule has 0 saturated heterocycles. The Labute approximate surface area is 459 Å². The molecule has 0 aliphatic heterocycles. The van der Waals surface area contributed by atoms with Crippen LogP contribution in [0.2, 0.25) is 0 Å². The van der Waals surface area contributed by atoms with Crippen molar-refractivity contribution in [2.75, 3.05) is 0 Å². The van der Waals surface area contributed by atoms with Gasteiger partial charge in [0, 0.05) is 47.6 Å². The molecular weight excluding hydrogens is 1020 g/mol. The van der Waals surface area contributed by atoms with Gasteiger partial charge in [-0.3, -0.25) is 19.2 Å². The molecule has 0 saturated carbocycles. The van der Waals surface area contributed by atoms with Crippen molar-refractivity contribution in [3.05, 3.63) is 0 Å². The van der Waals surface area contributed by atoms with Crippen LogP contribution in [0, 0.1) is 47.3 Å². The first-order chi connectivity index (χ1) is 30.3. The molecule has 0 N–H and O–H groups in total. The van der Waals surface area contributed by atoms with Crippen LogP contribution in [0.5, 0.6) is 0 Å². The Morgan fingerprint density at radius 3 is 0.530 bits per heavy atom. The van der Waals surface area contributed by atoms with E-state index < -0.39 is 0 Å². The first-order valence-corrected chi connectivity index (χ1v) is 29.0. The van der Waals surface area contributed by atoms with Gasteiger partial charge >= 0.3 is 0 Å². The zero-order valence-electron chi connectivity index (χ0n) is 45.7. The molecule has 0 aliphatic rings. The number of unbranched alkanes of at least 4 members (excludes halogenated alkanes) is 12. The number of carbonyl (C=O) groups excluding carboxylic acids is 4. The molecule has 0 bridgehead atoms. The maximum Gasteiger partial charge on any atom is 0.188 e. The summed E-state index contributed by atoms with van der Waals surface area (Å²) in [5, 5.41) is 0.379. The van der Waals surface area contributed by atoms with Crippen LogP contribution in [-0.2, 0) is 19.2 Å². The molecule has 4 atom stereocenters. The van der Waals surface area contributed by atoms with Crippen LogP contribution < -0.4 is 0 Å². The van der Waals surface area contributed by atoms with Gasteiger partial charge in [0.2, 0.25) is 0 Å². The van der Waals surface area contributed by atoms with E-state index in [0.717, 1.165) is 101 Å². The van der Waals surface area contributed by atoms with Gasteiger partial charge in [-0.2, -0.15) is 13.5 Å². The van der Waals surface area contributed by atoms with Crippen LogP contribution in [0.3, 0.4) is 0 Å². The summed E-state index contributed by atoms with van der Waals surface area (Å²) in [7, 11) is 0. The molecule has 0 rings (SSSR count). The van der Waals surface area contributed by atoms with Gasteiger partial charge in [0.15, 0.2) is 20.5 Å². The number of rotatable bonds is 40. The smallest absolute Gasteiger partial charge is 0.188 e. The summed E-state index contributed by atoms with van der Waals surface area (Å²) in [5.74, 6) is 4.07. The van der Waals surface area contributed by atoms with Crippen molar-refractivity contribution in [2.24, 2.45) is 47.3 Å². The maximum atomic E-state index is 11.3. The number of hydrogen-bond donors (Lipinski definition) is 4. The van der Waals surface area contributed by atoms with E-state index in [1.165, 1.54) is 128 Å². The van der Waals surface area contributed by atoms with Crippen LogP contribution in [-0.4, -0.2) is 44.4 Å². The minimum atomic E-state index is 0. The third kappa shape index (κ3) is 63.2. The molecule has 0 aromatic carbocycles. The number of thiol groups is 4. The Balaban J connectivity index is -0.000000180. The van der Waals surface area contributed by atoms with Crippen molar-refractivity contribution in [1.82, 2.24) is 0 Å². The van der Waals surface area contributed by atoms with Crippen LogP contribution >= 0.6 is 64.0 Å². The predicted octanol–water partition coefficient (Wildman–Crippen LogP) is 19.2. The SMILES string of the molecule is CCCCC(CCCCCC(C)C)C(=O)S.CCCCC(CCCCCC(C)C)C(=O)S.CCCCC(CCCCCC(C)C)C(=O)S.CCCCC(CCCCCC(C)C)C(=O)S.S.[Sn]. The minimum absolute atomic E-state index is 0. The monoisotopic (exact) mass is 1130 g/mol. The maximum absolute atomic E-state index is 11.3. The summed E-state index contributed by atoms with van der Waals surface area (Å²) in [4.78, 5) is 45.1. The first-order valence-electron chi connectivity index (χ1n) is 27.2. The molecule has 4 radical (unpaired) electrons. The molecular formula is C56H114O4S5Sn. The summed E-state index contributed by atoms with van der Waals surface area (Å²) < 4.78 is 0. The third-order valence-corrected chi connectivity index (χ3v) is 13.8. The van der Waals surface area contributed by atoms with Crippen molar-refractivity contribution >= 4 is 108 Å². The topological polar surface area (TPSA) is 68.3 Å². The van der Waals surface area contributed by atoms with Crippen LogP contribution in [0.25, 0.3) is 0 Å². The molecule has 0 aliphatic carbocycles. The van der Waals surface area contributed by atoms with Gasteiger partial charge in [-0.25, -0.2) is 0 Å². The average molecular weight is 1130 g/mol. The van der Waals surface area contributed by atoms with Crippen molar-refractivity contribution in [3.8, 4) is 0 Å². The predicted molar refractivity (Wildman–Crippen MR) is 316 cm³/mol. The van der Waals surface area contributed by atoms with Gasteiger partial charge < -0.3 is 0 Å². The molecule has 0 spiro atoms. The Kier molecular flexibility index (Phi) is 70.1. The number of hydrogen-bond acceptors (Lipinski definition) is 4. The molecule has 66 heavy (non-hydrogen) atoms. The second kappa shape index (κ2) is 58.8. The van der Waals surface area contributed by atoms with Crippen LogP contribution in [0.15, 0.2) is 0 Å². The Morgan fingerprint density at radius 2 is 0.409 bits per heavy atom. The van der Waals surface area contributed by atoms with E-state index in [-0.39, 0.29) is 81.5 Å². The van der Waals surface area contributed by atoms with Gasteiger partial charge in [0.1, 0.15) is 0 Å². The van der Waals surface area contributed by atoms with E-state index in [4.69, 9.17) is 0 Å². The van der Waals surface area contributed by atoms with E-state index in [9.17, 15) is 19.2 Å². The Hall–Kier alpha value is 1.23. The molecule has 10 heteroatoms. The average Bonchev–Trinajstić information content (AvgIpc) is 3.21. The van der Waals surface area contributed by atoms with E-state index in [1.807, 2.05) is 0 Å². The summed E-state index contributed by atoms with van der Waals surface area (Å²) >= 11 is 15.9. The minimum Gasteiger partial charge on any atom is -0.287 e. The molecule has 0 aromatic heterocycles. The molecule has 0 aromatic rings. The normalized spacial score (nSPS) is 12.7. The fourth-order valence-corrected chi connectivity index (χ4v) is 8.88. The molecule has 4 nitrogen and oxygen atoms in total. The Morgan fingerprint density at radius 1 is 0.273 bits per heavy atom. The molecule has 4 unspecified atom stereocenters. The van der Waals surface area contributed by atoms with Crippen molar-refractivity contribution in [2.45, 2.75) is 289 Å². The first kappa shape index (κ1) is 78.7. The van der Waals surface area contributed by atoms with Crippen LogP contribution in [0.1, 0.15) is 289 Å². The van der Waals surface area contributed by atoms with Crippen LogP contribution in [0.4, 0.5) is 0 Å². The van der Waals surface area contributed by atoms with E-state index in [0.29, 0.717) is 0 Å². The third-order valence-electron chi connectivity index (χ3n) is 12.4. The van der Waals surface area contributed by atoms with Gasteiger partial charge in [0.05, 0.1) is 0 Å². The summed E-state index contributed by atoms with van der Waals surface area (Å²) in [6.07, 6.45) is 37.9. The van der Waals surface area contributed by atoms with E-state index in [1.54, 1.807) is 0 Å². The Bertz CT molecular complexity index is 882. The largest absolute Gasteiger partial charge is 0.287 e. The summed E-state index contributed by atoms with van der Waals surface area (Å²) in [6.45, 7) is 26.8. The zero-order chi connectivity index (χ0) is 49.6. The second-order valence-corrected chi connectivity index (χ2v) is 22.6. The molecule has 0 amide bonds. The fraction of sp³-hybridized carbons (Fsp3) is 0.929. The van der Waals surface area contributed by atoms with Crippen molar-refractivity contribution in [1.29, 1.82) is 0 Å². The summed E-state index contributed by atoms with van der Waals surface area (Å²) in [5.41, 5.74) is 0. The van der Waals surface area contributed by atoms with Gasteiger partial charge in [-0.1, -0.05) is 237 Å². The standard InChI is InChI=1S/4C14H28OS.H2S.Sn/c4*1-4-5-10-13(14(15)16)11-8-6-7-9-12(2)3;;/h4*12-13H,4-11H2,1-3H3,(H,15,16);1H2;. The van der Waals surface area contributed by atoms with Gasteiger partial charge in [0.25, 0.3) is 0 Å². The molecule has 0 fully saturated rings. The zero-order valence-corrected chi connectivity index (χ0v) is 53.1. The molecule has 396 valence electrons. The van der Waals surface area contributed by atoms with Crippen molar-refractivity contribution in [3.63, 3.8) is 0 Å². The van der Waals surface area contributed by atoms with Gasteiger partial charge in [-0.15, -0.1) is 50.5 Å².